The monoisotopic (exact) mass is 896 g/mol. The van der Waals surface area contributed by atoms with Crippen LogP contribution in [0, 0.1) is 11.8 Å². The molecule has 3 aromatic heterocycles. The number of fused-ring (bicyclic) bond motifs is 1. The second-order valence-electron chi connectivity index (χ2n) is 10.0. The number of anilines is 1. The number of amidine groups is 1. The first-order chi connectivity index (χ1) is 21.2. The fourth-order valence-corrected chi connectivity index (χ4v) is 6.72. The van der Waals surface area contributed by atoms with Crippen LogP contribution in [0.4, 0.5) is 5.95 Å². The highest BCUT2D eigenvalue weighted by Gasteiger charge is 2.46. The van der Waals surface area contributed by atoms with Gasteiger partial charge in [-0.15, -0.1) is 0 Å². The van der Waals surface area contributed by atoms with Crippen molar-refractivity contribution < 1.29 is 27.5 Å². The van der Waals surface area contributed by atoms with Gasteiger partial charge in [0.2, 0.25) is 5.96 Å². The fraction of sp³-hybridized carbons (Fsp3) is 0.292. The molecule has 16 nitrogen and oxygen atoms in total. The van der Waals surface area contributed by atoms with Crippen molar-refractivity contribution in [1.29, 1.82) is 0 Å². The molecule has 0 radical (unpaired) electrons. The summed E-state index contributed by atoms with van der Waals surface area (Å²) in [6.45, 7) is -0.0124. The van der Waals surface area contributed by atoms with Crippen LogP contribution in [0.25, 0.3) is 0 Å². The molecule has 240 valence electrons. The Bertz CT molecular complexity index is 1810. The Morgan fingerprint density at radius 2 is 1.62 bits per heavy atom. The van der Waals surface area contributed by atoms with Crippen molar-refractivity contribution in [2.24, 2.45) is 27.6 Å². The summed E-state index contributed by atoms with van der Waals surface area (Å²) >= 11 is 13.4. The van der Waals surface area contributed by atoms with E-state index in [4.69, 9.17) is 11.5 Å². The molecule has 0 spiro atoms. The first-order valence-electron chi connectivity index (χ1n) is 13.1. The van der Waals surface area contributed by atoms with Gasteiger partial charge >= 0.3 is 5.95 Å². The molecule has 0 aromatic carbocycles. The number of aliphatic imine (C=N–C) groups is 2. The Kier molecular flexibility index (Phi) is 9.94. The Hall–Kier alpha value is -2.98. The van der Waals surface area contributed by atoms with Gasteiger partial charge in [-0.3, -0.25) is 29.8 Å². The maximum Gasteiger partial charge on any atom is 0.350 e. The van der Waals surface area contributed by atoms with Crippen LogP contribution in [0.1, 0.15) is 32.7 Å². The second kappa shape index (κ2) is 13.4. The quantitative estimate of drug-likeness (QED) is 0.140. The minimum atomic E-state index is -4.26. The third-order valence-electron chi connectivity index (χ3n) is 7.09. The molecule has 0 saturated heterocycles. The molecular weight excluding hydrogens is 874 g/mol. The molecular formula is C24H26Br4N11O5S+. The molecule has 0 saturated carbocycles. The van der Waals surface area contributed by atoms with Gasteiger partial charge in [0, 0.05) is 24.9 Å². The van der Waals surface area contributed by atoms with Crippen LogP contribution in [0.5, 0.6) is 0 Å². The number of H-pyrrole nitrogens is 4. The SMILES string of the molecule is NC1=NC(=NCCS(=O)(=O)O)C2=C[C@@H](CNC(=O)c3cc(Br)c(Br)[nH]3)[C@H](CNC(=O)c3cc(Br)c(Br)[nH]3)[C@@H](c3c[nH+]c(N)[nH]3)N21. The summed E-state index contributed by atoms with van der Waals surface area (Å²) in [6.07, 6.45) is 3.49. The van der Waals surface area contributed by atoms with Crippen molar-refractivity contribution in [3.63, 3.8) is 0 Å². The van der Waals surface area contributed by atoms with Crippen molar-refractivity contribution >= 4 is 103 Å². The number of aromatic amines is 4. The third-order valence-corrected chi connectivity index (χ3v) is 11.4. The number of carbonyl (C=O) groups is 2. The zero-order chi connectivity index (χ0) is 32.6. The van der Waals surface area contributed by atoms with Crippen LogP contribution in [0.3, 0.4) is 0 Å². The van der Waals surface area contributed by atoms with Crippen molar-refractivity contribution in [3.05, 3.63) is 65.3 Å². The number of carbonyl (C=O) groups excluding carboxylic acids is 2. The molecule has 0 aliphatic carbocycles. The molecule has 45 heavy (non-hydrogen) atoms. The number of nitrogen functional groups attached to an aromatic ring is 1. The van der Waals surface area contributed by atoms with Crippen LogP contribution in [-0.4, -0.2) is 81.8 Å². The van der Waals surface area contributed by atoms with Gasteiger partial charge in [-0.05, 0) is 75.9 Å². The van der Waals surface area contributed by atoms with Crippen molar-refractivity contribution in [2.45, 2.75) is 6.04 Å². The molecule has 0 bridgehead atoms. The number of aromatic nitrogens is 4. The van der Waals surface area contributed by atoms with E-state index in [2.05, 4.69) is 104 Å². The molecule has 5 rings (SSSR count). The molecule has 2 amide bonds. The van der Waals surface area contributed by atoms with Crippen molar-refractivity contribution in [2.75, 3.05) is 31.1 Å². The first kappa shape index (κ1) is 33.4. The van der Waals surface area contributed by atoms with E-state index in [1.807, 2.05) is 6.08 Å². The molecule has 3 aromatic rings. The van der Waals surface area contributed by atoms with Crippen LogP contribution >= 0.6 is 63.7 Å². The largest absolute Gasteiger partial charge is 0.369 e. The Balaban J connectivity index is 1.51. The zero-order valence-corrected chi connectivity index (χ0v) is 30.0. The highest BCUT2D eigenvalue weighted by molar-refractivity contribution is 9.13. The number of rotatable bonds is 10. The van der Waals surface area contributed by atoms with E-state index >= 15 is 0 Å². The lowest BCUT2D eigenvalue weighted by atomic mass is 9.79. The summed E-state index contributed by atoms with van der Waals surface area (Å²) in [4.78, 5) is 48.6. The van der Waals surface area contributed by atoms with E-state index in [0.29, 0.717) is 40.9 Å². The number of guanidine groups is 1. The number of imidazole rings is 1. The standard InChI is InChI=1S/C24H25Br4N11O5S/c25-11-4-13(35-18(11)27)21(40)32-6-9-3-16-20(31-1-2-45(42,43)44)38-24(30)39(16)17(15-8-34-23(29)37-15)10(9)7-33-22(41)14-5-12(26)19(28)36-14/h3-5,8-10,17,35-36H,1-2,6-7H2,(H,32,40)(H,33,41)(H3,29,34,37)(H2,30,31,38)(H,42,43,44)/p+1/t9-,10-,17-/m0/s1. The fourth-order valence-electron chi connectivity index (χ4n) is 5.08. The van der Waals surface area contributed by atoms with E-state index in [9.17, 15) is 22.6 Å². The molecule has 21 heteroatoms. The number of nitrogens with zero attached hydrogens (tertiary/aromatic N) is 3. The summed E-state index contributed by atoms with van der Waals surface area (Å²) < 4.78 is 34.4. The lowest BCUT2D eigenvalue weighted by Gasteiger charge is -2.41. The number of amides is 2. The molecule has 2 aliphatic heterocycles. The normalized spacial score (nSPS) is 20.6. The molecule has 3 atom stereocenters. The highest BCUT2D eigenvalue weighted by atomic mass is 79.9. The predicted molar refractivity (Wildman–Crippen MR) is 179 cm³/mol. The summed E-state index contributed by atoms with van der Waals surface area (Å²) in [5.74, 6) is -1.72. The van der Waals surface area contributed by atoms with E-state index < -0.39 is 33.7 Å². The summed E-state index contributed by atoms with van der Waals surface area (Å²) in [5, 5.41) is 5.92. The van der Waals surface area contributed by atoms with E-state index in [1.54, 1.807) is 23.2 Å². The van der Waals surface area contributed by atoms with Gasteiger partial charge in [-0.25, -0.2) is 9.97 Å². The van der Waals surface area contributed by atoms with E-state index in [-0.39, 0.29) is 49.2 Å². The van der Waals surface area contributed by atoms with Gasteiger partial charge in [-0.2, -0.15) is 13.4 Å². The highest BCUT2D eigenvalue weighted by Crippen LogP contribution is 2.42. The predicted octanol–water partition coefficient (Wildman–Crippen LogP) is 2.06. The van der Waals surface area contributed by atoms with Crippen LogP contribution < -0.4 is 27.1 Å². The first-order valence-corrected chi connectivity index (χ1v) is 17.9. The Labute approximate surface area is 289 Å². The number of halogens is 4. The van der Waals surface area contributed by atoms with E-state index in [0.717, 1.165) is 0 Å². The summed E-state index contributed by atoms with van der Waals surface area (Å²) in [5.41, 5.74) is 14.1. The molecule has 2 aliphatic rings. The smallest absolute Gasteiger partial charge is 0.350 e. The lowest BCUT2D eigenvalue weighted by molar-refractivity contribution is -0.358. The third kappa shape index (κ3) is 7.54. The van der Waals surface area contributed by atoms with Crippen LogP contribution in [0.2, 0.25) is 0 Å². The van der Waals surface area contributed by atoms with Crippen molar-refractivity contribution in [3.8, 4) is 0 Å². The van der Waals surface area contributed by atoms with Crippen LogP contribution in [0.15, 0.2) is 58.2 Å². The maximum absolute atomic E-state index is 13.2. The number of hydrogen-bond donors (Lipinski definition) is 8. The molecule has 0 fully saturated rings. The number of nitrogens with one attached hydrogen (secondary N) is 6. The zero-order valence-electron chi connectivity index (χ0n) is 22.9. The summed E-state index contributed by atoms with van der Waals surface area (Å²) in [6, 6.07) is 2.67. The lowest BCUT2D eigenvalue weighted by Crippen LogP contribution is -2.50. The average Bonchev–Trinajstić information content (AvgIpc) is 3.72. The minimum Gasteiger partial charge on any atom is -0.369 e. The van der Waals surface area contributed by atoms with Gasteiger partial charge in [0.1, 0.15) is 17.1 Å². The molecule has 0 unspecified atom stereocenters. The molecule has 11 N–H and O–H groups in total. The number of hydrogen-bond acceptors (Lipinski definition) is 8. The van der Waals surface area contributed by atoms with Gasteiger partial charge < -0.3 is 26.3 Å². The van der Waals surface area contributed by atoms with Gasteiger partial charge in [0.25, 0.3) is 21.9 Å². The van der Waals surface area contributed by atoms with Gasteiger partial charge in [0.15, 0.2) is 5.84 Å². The van der Waals surface area contributed by atoms with Gasteiger partial charge in [0.05, 0.1) is 48.4 Å². The Morgan fingerprint density at radius 3 is 2.13 bits per heavy atom. The topological polar surface area (TPSA) is 254 Å². The maximum atomic E-state index is 13.2. The second-order valence-corrected chi connectivity index (χ2v) is 14.9. The minimum absolute atomic E-state index is 0.0714. The van der Waals surface area contributed by atoms with Crippen molar-refractivity contribution in [1.82, 2.24) is 30.5 Å². The average molecular weight is 900 g/mol. The molecule has 5 heterocycles. The van der Waals surface area contributed by atoms with Gasteiger partial charge in [-0.1, -0.05) is 6.08 Å². The van der Waals surface area contributed by atoms with Crippen LogP contribution in [-0.2, 0) is 10.1 Å². The number of nitrogens with two attached hydrogens (primary N) is 2. The summed E-state index contributed by atoms with van der Waals surface area (Å²) in [7, 11) is -4.26. The van der Waals surface area contributed by atoms with E-state index in [1.165, 1.54) is 0 Å². The Morgan fingerprint density at radius 1 is 1.02 bits per heavy atom.